The largest absolute Gasteiger partial charge is 0.512 e. The Morgan fingerprint density at radius 2 is 1.26 bits per heavy atom. The van der Waals surface area contributed by atoms with Gasteiger partial charge in [-0.05, 0) is 53.8 Å². The topological polar surface area (TPSA) is 96.2 Å². The number of benzene rings is 3. The second-order valence-corrected chi connectivity index (χ2v) is 8.02. The summed E-state index contributed by atoms with van der Waals surface area (Å²) in [5, 5.41) is 30.5. The van der Waals surface area contributed by atoms with E-state index in [1.165, 1.54) is 14.2 Å². The molecule has 0 aliphatic rings. The van der Waals surface area contributed by atoms with Gasteiger partial charge in [0.1, 0.15) is 0 Å². The maximum atomic E-state index is 13.2. The van der Waals surface area contributed by atoms with Crippen molar-refractivity contribution in [3.8, 4) is 23.0 Å². The van der Waals surface area contributed by atoms with E-state index in [0.717, 1.165) is 16.7 Å². The number of hydrogen-bond donors (Lipinski definition) is 3. The predicted octanol–water partition coefficient (Wildman–Crippen LogP) is 5.30. The average molecular weight is 463 g/mol. The number of carbonyl (C=O) groups is 1. The second kappa shape index (κ2) is 11.8. The standard InChI is InChI=1S/C28H30O6/c1-33-27-17-20(10-14-25(27)31)8-12-23(29)22(16-19-6-4-3-5-7-19)24(30)13-9-21-11-15-26(32)28(18-21)34-2/h3-7,10-11,14-15,17-18,29,31-32H,8-9,12-13,16H2,1-2H3/b23-22-. The Morgan fingerprint density at radius 3 is 1.79 bits per heavy atom. The van der Waals surface area contributed by atoms with Gasteiger partial charge >= 0.3 is 0 Å². The van der Waals surface area contributed by atoms with Crippen LogP contribution < -0.4 is 9.47 Å². The number of ketones is 1. The van der Waals surface area contributed by atoms with Crippen LogP contribution >= 0.6 is 0 Å². The molecule has 0 aliphatic carbocycles. The Balaban J connectivity index is 1.77. The number of Topliss-reactive ketones (excluding diaryl/α,β-unsaturated/α-hetero) is 1. The third-order valence-corrected chi connectivity index (χ3v) is 5.69. The Labute approximate surface area is 199 Å². The van der Waals surface area contributed by atoms with Crippen molar-refractivity contribution in [3.63, 3.8) is 0 Å². The van der Waals surface area contributed by atoms with E-state index in [-0.39, 0.29) is 35.9 Å². The predicted molar refractivity (Wildman–Crippen MR) is 131 cm³/mol. The summed E-state index contributed by atoms with van der Waals surface area (Å²) >= 11 is 0. The molecular formula is C28H30O6. The van der Waals surface area contributed by atoms with Gasteiger partial charge in [-0.25, -0.2) is 0 Å². The van der Waals surface area contributed by atoms with Crippen molar-refractivity contribution in [1.82, 2.24) is 0 Å². The van der Waals surface area contributed by atoms with Crippen molar-refractivity contribution in [3.05, 3.63) is 94.8 Å². The molecule has 0 amide bonds. The highest BCUT2D eigenvalue weighted by atomic mass is 16.5. The lowest BCUT2D eigenvalue weighted by atomic mass is 9.94. The van der Waals surface area contributed by atoms with Crippen LogP contribution in [0, 0.1) is 0 Å². The molecule has 6 nitrogen and oxygen atoms in total. The summed E-state index contributed by atoms with van der Waals surface area (Å²) in [4.78, 5) is 13.2. The summed E-state index contributed by atoms with van der Waals surface area (Å²) in [6.45, 7) is 0. The van der Waals surface area contributed by atoms with Crippen LogP contribution in [0.2, 0.25) is 0 Å². The number of carbonyl (C=O) groups excluding carboxylic acids is 1. The summed E-state index contributed by atoms with van der Waals surface area (Å²) < 4.78 is 10.3. The van der Waals surface area contributed by atoms with Crippen LogP contribution in [0.25, 0.3) is 0 Å². The number of aryl methyl sites for hydroxylation is 2. The zero-order chi connectivity index (χ0) is 24.5. The molecule has 0 fully saturated rings. The first-order valence-electron chi connectivity index (χ1n) is 11.1. The lowest BCUT2D eigenvalue weighted by Gasteiger charge is -2.12. The summed E-state index contributed by atoms with van der Waals surface area (Å²) in [7, 11) is 2.96. The monoisotopic (exact) mass is 462 g/mol. The minimum Gasteiger partial charge on any atom is -0.512 e. The van der Waals surface area contributed by atoms with Crippen LogP contribution in [0.3, 0.4) is 0 Å². The molecule has 0 unspecified atom stereocenters. The molecule has 6 heteroatoms. The number of phenols is 2. The van der Waals surface area contributed by atoms with Gasteiger partial charge in [0, 0.05) is 24.8 Å². The Morgan fingerprint density at radius 1 is 0.735 bits per heavy atom. The van der Waals surface area contributed by atoms with Crippen molar-refractivity contribution in [1.29, 1.82) is 0 Å². The number of aliphatic hydroxyl groups excluding tert-OH is 1. The minimum atomic E-state index is -0.128. The van der Waals surface area contributed by atoms with E-state index in [2.05, 4.69) is 0 Å². The summed E-state index contributed by atoms with van der Waals surface area (Å²) in [5.41, 5.74) is 3.07. The number of hydrogen-bond acceptors (Lipinski definition) is 6. The van der Waals surface area contributed by atoms with Gasteiger partial charge in [0.25, 0.3) is 0 Å². The summed E-state index contributed by atoms with van der Waals surface area (Å²) in [6, 6.07) is 19.6. The molecule has 0 saturated heterocycles. The quantitative estimate of drug-likeness (QED) is 0.264. The first-order chi connectivity index (χ1) is 16.4. The van der Waals surface area contributed by atoms with Gasteiger partial charge in [-0.1, -0.05) is 42.5 Å². The number of methoxy groups -OCH3 is 2. The Bertz CT molecular complexity index is 1150. The highest BCUT2D eigenvalue weighted by molar-refractivity contribution is 5.96. The SMILES string of the molecule is COc1cc(CCC(=O)/C(Cc2ccccc2)=C(\O)CCc2ccc(O)c(OC)c2)ccc1O. The summed E-state index contributed by atoms with van der Waals surface area (Å²) in [6.07, 6.45) is 1.78. The highest BCUT2D eigenvalue weighted by Crippen LogP contribution is 2.29. The minimum absolute atomic E-state index is 0.0470. The molecule has 0 radical (unpaired) electrons. The first-order valence-corrected chi connectivity index (χ1v) is 11.1. The van der Waals surface area contributed by atoms with Crippen molar-refractivity contribution in [2.75, 3.05) is 14.2 Å². The molecule has 0 bridgehead atoms. The van der Waals surface area contributed by atoms with Gasteiger partial charge in [-0.3, -0.25) is 4.79 Å². The molecule has 34 heavy (non-hydrogen) atoms. The van der Waals surface area contributed by atoms with Gasteiger partial charge in [-0.15, -0.1) is 0 Å². The Kier molecular flexibility index (Phi) is 8.57. The fourth-order valence-corrected chi connectivity index (χ4v) is 3.74. The molecular weight excluding hydrogens is 432 g/mol. The van der Waals surface area contributed by atoms with E-state index >= 15 is 0 Å². The van der Waals surface area contributed by atoms with Crippen molar-refractivity contribution >= 4 is 5.78 Å². The third kappa shape index (κ3) is 6.54. The molecule has 0 spiro atoms. The van der Waals surface area contributed by atoms with Crippen LogP contribution in [0.5, 0.6) is 23.0 Å². The van der Waals surface area contributed by atoms with Crippen LogP contribution in [-0.4, -0.2) is 35.3 Å². The molecule has 3 rings (SSSR count). The van der Waals surface area contributed by atoms with E-state index in [0.29, 0.717) is 36.3 Å². The van der Waals surface area contributed by atoms with E-state index in [4.69, 9.17) is 9.47 Å². The molecule has 0 saturated carbocycles. The number of allylic oxidation sites excluding steroid dienone is 2. The van der Waals surface area contributed by atoms with Gasteiger partial charge < -0.3 is 24.8 Å². The number of rotatable bonds is 11. The van der Waals surface area contributed by atoms with E-state index in [1.807, 2.05) is 30.3 Å². The normalized spacial score (nSPS) is 11.6. The molecule has 178 valence electrons. The second-order valence-electron chi connectivity index (χ2n) is 8.02. The molecule has 0 aliphatic heterocycles. The van der Waals surface area contributed by atoms with Gasteiger partial charge in [-0.2, -0.15) is 0 Å². The molecule has 3 aromatic carbocycles. The van der Waals surface area contributed by atoms with Crippen LogP contribution in [0.1, 0.15) is 29.5 Å². The lowest BCUT2D eigenvalue weighted by Crippen LogP contribution is -2.11. The molecule has 0 aromatic heterocycles. The fraction of sp³-hybridized carbons (Fsp3) is 0.250. The maximum Gasteiger partial charge on any atom is 0.162 e. The van der Waals surface area contributed by atoms with Gasteiger partial charge in [0.15, 0.2) is 28.8 Å². The van der Waals surface area contributed by atoms with Crippen LogP contribution in [0.4, 0.5) is 0 Å². The Hall–Kier alpha value is -3.93. The van der Waals surface area contributed by atoms with E-state index < -0.39 is 0 Å². The molecule has 0 heterocycles. The van der Waals surface area contributed by atoms with Gasteiger partial charge in [0.05, 0.1) is 20.0 Å². The van der Waals surface area contributed by atoms with Gasteiger partial charge in [0.2, 0.25) is 0 Å². The molecule has 3 N–H and O–H groups in total. The lowest BCUT2D eigenvalue weighted by molar-refractivity contribution is -0.115. The maximum absolute atomic E-state index is 13.2. The molecule has 3 aromatic rings. The highest BCUT2D eigenvalue weighted by Gasteiger charge is 2.17. The van der Waals surface area contributed by atoms with Crippen molar-refractivity contribution < 1.29 is 29.6 Å². The number of phenolic OH excluding ortho intramolecular Hbond substituents is 2. The summed E-state index contributed by atoms with van der Waals surface area (Å²) in [5.74, 6) is 0.756. The van der Waals surface area contributed by atoms with Crippen LogP contribution in [0.15, 0.2) is 78.1 Å². The molecule has 0 atom stereocenters. The van der Waals surface area contributed by atoms with Crippen LogP contribution in [-0.2, 0) is 24.1 Å². The fourth-order valence-electron chi connectivity index (χ4n) is 3.74. The smallest absolute Gasteiger partial charge is 0.162 e. The number of aromatic hydroxyl groups is 2. The van der Waals surface area contributed by atoms with Crippen molar-refractivity contribution in [2.24, 2.45) is 0 Å². The van der Waals surface area contributed by atoms with Crippen molar-refractivity contribution in [2.45, 2.75) is 32.1 Å². The van der Waals surface area contributed by atoms with E-state index in [1.54, 1.807) is 36.4 Å². The van der Waals surface area contributed by atoms with E-state index in [9.17, 15) is 20.1 Å². The average Bonchev–Trinajstić information content (AvgIpc) is 2.86. The zero-order valence-corrected chi connectivity index (χ0v) is 19.5. The third-order valence-electron chi connectivity index (χ3n) is 5.69. The number of ether oxygens (including phenoxy) is 2. The zero-order valence-electron chi connectivity index (χ0n) is 19.5. The number of aliphatic hydroxyl groups is 1. The first kappa shape index (κ1) is 24.7.